The van der Waals surface area contributed by atoms with Gasteiger partial charge in [-0.05, 0) is 5.56 Å². The molecule has 4 N–H and O–H groups in total. The van der Waals surface area contributed by atoms with Crippen LogP contribution >= 0.6 is 7.60 Å². The molecule has 0 spiro atoms. The second-order valence-electron chi connectivity index (χ2n) is 2.53. The lowest BCUT2D eigenvalue weighted by atomic mass is 10.2. The summed E-state index contributed by atoms with van der Waals surface area (Å²) in [7, 11) is -4.36. The van der Waals surface area contributed by atoms with Gasteiger partial charge in [-0.1, -0.05) is 30.3 Å². The van der Waals surface area contributed by atoms with E-state index in [1.165, 1.54) is 12.1 Å². The van der Waals surface area contributed by atoms with Crippen molar-refractivity contribution in [3.8, 4) is 0 Å². The molecule has 72 valence electrons. The van der Waals surface area contributed by atoms with Crippen molar-refractivity contribution in [3.05, 3.63) is 35.9 Å². The Kier molecular flexibility index (Phi) is 3.19. The molecule has 13 heavy (non-hydrogen) atoms. The highest BCUT2D eigenvalue weighted by molar-refractivity contribution is 7.52. The molecule has 0 aromatic heterocycles. The summed E-state index contributed by atoms with van der Waals surface area (Å²) < 4.78 is 10.8. The summed E-state index contributed by atoms with van der Waals surface area (Å²) in [4.78, 5) is 17.6. The Bertz CT molecular complexity index is 310. The van der Waals surface area contributed by atoms with E-state index in [9.17, 15) is 4.57 Å². The molecule has 0 fully saturated rings. The van der Waals surface area contributed by atoms with E-state index in [1.807, 2.05) is 0 Å². The lowest BCUT2D eigenvalue weighted by Crippen LogP contribution is -2.16. The molecule has 1 aromatic carbocycles. The molecule has 1 unspecified atom stereocenters. The predicted molar refractivity (Wildman–Crippen MR) is 46.1 cm³/mol. The van der Waals surface area contributed by atoms with Gasteiger partial charge in [0.25, 0.3) is 0 Å². The van der Waals surface area contributed by atoms with Crippen molar-refractivity contribution in [3.63, 3.8) is 0 Å². The number of hydroxylamine groups is 1. The quantitative estimate of drug-likeness (QED) is 0.431. The first-order valence-electron chi connectivity index (χ1n) is 3.55. The summed E-state index contributed by atoms with van der Waals surface area (Å²) >= 11 is 0. The zero-order valence-electron chi connectivity index (χ0n) is 6.66. The van der Waals surface area contributed by atoms with Gasteiger partial charge >= 0.3 is 7.60 Å². The minimum Gasteiger partial charge on any atom is -0.323 e. The minimum absolute atomic E-state index is 0.346. The molecule has 1 atom stereocenters. The third kappa shape index (κ3) is 2.62. The molecule has 0 radical (unpaired) electrons. The van der Waals surface area contributed by atoms with Crippen LogP contribution in [0.2, 0.25) is 0 Å². The predicted octanol–water partition coefficient (Wildman–Crippen LogP) is 0.842. The van der Waals surface area contributed by atoms with Crippen LogP contribution < -0.4 is 5.48 Å². The molecule has 0 aliphatic heterocycles. The van der Waals surface area contributed by atoms with Crippen molar-refractivity contribution in [2.45, 2.75) is 5.78 Å². The summed E-state index contributed by atoms with van der Waals surface area (Å²) in [5, 5.41) is 8.57. The van der Waals surface area contributed by atoms with E-state index in [0.29, 0.717) is 5.56 Å². The first kappa shape index (κ1) is 10.4. The maximum absolute atomic E-state index is 10.8. The second-order valence-corrected chi connectivity index (χ2v) is 4.23. The van der Waals surface area contributed by atoms with Crippen LogP contribution in [0.1, 0.15) is 11.3 Å². The molecule has 0 amide bonds. The Morgan fingerprint density at radius 3 is 2.15 bits per heavy atom. The second kappa shape index (κ2) is 4.00. The van der Waals surface area contributed by atoms with E-state index in [0.717, 1.165) is 0 Å². The van der Waals surface area contributed by atoms with Crippen LogP contribution in [0.25, 0.3) is 0 Å². The summed E-state index contributed by atoms with van der Waals surface area (Å²) in [6.07, 6.45) is 0. The molecule has 0 saturated carbocycles. The topological polar surface area (TPSA) is 89.8 Å². The normalized spacial score (nSPS) is 14.1. The van der Waals surface area contributed by atoms with Crippen LogP contribution in [-0.4, -0.2) is 15.0 Å². The first-order chi connectivity index (χ1) is 6.05. The van der Waals surface area contributed by atoms with Crippen LogP contribution in [0.3, 0.4) is 0 Å². The van der Waals surface area contributed by atoms with Gasteiger partial charge in [0.15, 0.2) is 5.78 Å². The Morgan fingerprint density at radius 1 is 1.23 bits per heavy atom. The average molecular weight is 203 g/mol. The fraction of sp³-hybridized carbons (Fsp3) is 0.143. The van der Waals surface area contributed by atoms with Gasteiger partial charge < -0.3 is 15.0 Å². The van der Waals surface area contributed by atoms with Crippen LogP contribution in [-0.2, 0) is 4.57 Å². The highest BCUT2D eigenvalue weighted by atomic mass is 31.2. The molecule has 1 rings (SSSR count). The van der Waals surface area contributed by atoms with E-state index in [-0.39, 0.29) is 0 Å². The van der Waals surface area contributed by atoms with Crippen molar-refractivity contribution < 1.29 is 19.6 Å². The van der Waals surface area contributed by atoms with Gasteiger partial charge in [-0.2, -0.15) is 5.48 Å². The third-order valence-electron chi connectivity index (χ3n) is 1.57. The van der Waals surface area contributed by atoms with Gasteiger partial charge in [-0.25, -0.2) is 0 Å². The maximum Gasteiger partial charge on any atom is 0.349 e. The molecular formula is C7H10NO4P. The molecule has 0 saturated heterocycles. The minimum atomic E-state index is -4.36. The Balaban J connectivity index is 2.99. The number of hydrogen-bond donors (Lipinski definition) is 4. The van der Waals surface area contributed by atoms with Gasteiger partial charge in [0.2, 0.25) is 0 Å². The zero-order valence-corrected chi connectivity index (χ0v) is 7.56. The Hall–Kier alpha value is -0.710. The molecular weight excluding hydrogens is 193 g/mol. The van der Waals surface area contributed by atoms with E-state index < -0.39 is 13.4 Å². The van der Waals surface area contributed by atoms with E-state index >= 15 is 0 Å². The summed E-state index contributed by atoms with van der Waals surface area (Å²) in [6, 6.07) is 8.03. The van der Waals surface area contributed by atoms with E-state index in [1.54, 1.807) is 23.7 Å². The lowest BCUT2D eigenvalue weighted by molar-refractivity contribution is 0.142. The number of benzene rings is 1. The standard InChI is InChI=1S/C7H10NO4P/c9-8-7(13(10,11)12)6-4-2-1-3-5-6/h1-5,7-9H,(H2,10,11,12). The van der Waals surface area contributed by atoms with Crippen LogP contribution in [0.15, 0.2) is 30.3 Å². The molecule has 5 nitrogen and oxygen atoms in total. The van der Waals surface area contributed by atoms with Crippen molar-refractivity contribution in [1.82, 2.24) is 5.48 Å². The van der Waals surface area contributed by atoms with Gasteiger partial charge in [0.1, 0.15) is 0 Å². The molecule has 0 bridgehead atoms. The highest BCUT2D eigenvalue weighted by Gasteiger charge is 2.29. The smallest absolute Gasteiger partial charge is 0.323 e. The van der Waals surface area contributed by atoms with Gasteiger partial charge in [-0.3, -0.25) is 4.57 Å². The Labute approximate surface area is 75.1 Å². The van der Waals surface area contributed by atoms with Crippen LogP contribution in [0, 0.1) is 0 Å². The van der Waals surface area contributed by atoms with Crippen LogP contribution in [0.5, 0.6) is 0 Å². The zero-order chi connectivity index (χ0) is 9.90. The van der Waals surface area contributed by atoms with Crippen molar-refractivity contribution in [2.24, 2.45) is 0 Å². The lowest BCUT2D eigenvalue weighted by Gasteiger charge is -2.16. The molecule has 0 aliphatic rings. The van der Waals surface area contributed by atoms with Crippen LogP contribution in [0.4, 0.5) is 0 Å². The molecule has 0 heterocycles. The fourth-order valence-electron chi connectivity index (χ4n) is 0.979. The number of nitrogens with one attached hydrogen (secondary N) is 1. The van der Waals surface area contributed by atoms with Crippen molar-refractivity contribution >= 4 is 7.60 Å². The first-order valence-corrected chi connectivity index (χ1v) is 5.23. The number of hydrogen-bond acceptors (Lipinski definition) is 3. The Morgan fingerprint density at radius 2 is 1.77 bits per heavy atom. The van der Waals surface area contributed by atoms with Crippen molar-refractivity contribution in [1.29, 1.82) is 0 Å². The van der Waals surface area contributed by atoms with Crippen molar-refractivity contribution in [2.75, 3.05) is 0 Å². The average Bonchev–Trinajstić information content (AvgIpc) is 2.05. The summed E-state index contributed by atoms with van der Waals surface area (Å²) in [5.74, 6) is -1.35. The van der Waals surface area contributed by atoms with E-state index in [2.05, 4.69) is 0 Å². The summed E-state index contributed by atoms with van der Waals surface area (Å²) in [6.45, 7) is 0. The maximum atomic E-state index is 10.8. The summed E-state index contributed by atoms with van der Waals surface area (Å²) in [5.41, 5.74) is 1.94. The van der Waals surface area contributed by atoms with Gasteiger partial charge in [-0.15, -0.1) is 0 Å². The molecule has 0 aliphatic carbocycles. The fourth-order valence-corrected chi connectivity index (χ4v) is 1.69. The molecule has 6 heteroatoms. The van der Waals surface area contributed by atoms with E-state index in [4.69, 9.17) is 15.0 Å². The van der Waals surface area contributed by atoms with Gasteiger partial charge in [0.05, 0.1) is 0 Å². The number of rotatable bonds is 3. The largest absolute Gasteiger partial charge is 0.349 e. The van der Waals surface area contributed by atoms with Gasteiger partial charge in [0, 0.05) is 0 Å². The molecule has 1 aromatic rings. The third-order valence-corrected chi connectivity index (χ3v) is 2.66. The highest BCUT2D eigenvalue weighted by Crippen LogP contribution is 2.49. The monoisotopic (exact) mass is 203 g/mol. The SMILES string of the molecule is O=P(O)(O)C(NO)c1ccccc1.